The number of benzene rings is 4. The topological polar surface area (TPSA) is 96.0 Å². The molecule has 0 fully saturated rings. The Kier molecular flexibility index (Phi) is 11.1. The number of nitrogens with zero attached hydrogens (tertiary/aromatic N) is 2. The molecular weight excluding hydrogens is 622 g/mol. The van der Waals surface area contributed by atoms with Crippen molar-refractivity contribution in [2.24, 2.45) is 0 Å². The largest absolute Gasteiger partial charge is 0.495 e. The van der Waals surface area contributed by atoms with Crippen LogP contribution in [0, 0.1) is 6.92 Å². The molecule has 0 spiro atoms. The highest BCUT2D eigenvalue weighted by atomic mass is 35.5. The molecule has 0 bridgehead atoms. The number of rotatable bonds is 12. The first-order valence-corrected chi connectivity index (χ1v) is 16.7. The summed E-state index contributed by atoms with van der Waals surface area (Å²) < 4.78 is 34.6. The van der Waals surface area contributed by atoms with E-state index < -0.39 is 34.1 Å². The molecule has 1 atom stereocenters. The fraction of sp³-hybridized carbons (Fsp3) is 0.278. The normalized spacial score (nSPS) is 12.2. The van der Waals surface area contributed by atoms with Gasteiger partial charge < -0.3 is 15.0 Å². The van der Waals surface area contributed by atoms with Crippen LogP contribution in [0.25, 0.3) is 0 Å². The zero-order valence-corrected chi connectivity index (χ0v) is 28.3. The van der Waals surface area contributed by atoms with E-state index in [1.54, 1.807) is 24.3 Å². The third kappa shape index (κ3) is 8.89. The van der Waals surface area contributed by atoms with Crippen molar-refractivity contribution < 1.29 is 22.7 Å². The van der Waals surface area contributed by atoms with E-state index in [2.05, 4.69) is 5.32 Å². The zero-order chi connectivity index (χ0) is 33.5. The van der Waals surface area contributed by atoms with Gasteiger partial charge in [-0.3, -0.25) is 13.9 Å². The van der Waals surface area contributed by atoms with Gasteiger partial charge in [-0.25, -0.2) is 8.42 Å². The zero-order valence-electron chi connectivity index (χ0n) is 26.7. The molecule has 4 aromatic rings. The number of hydrogen-bond acceptors (Lipinski definition) is 5. The van der Waals surface area contributed by atoms with Crippen molar-refractivity contribution >= 4 is 39.1 Å². The van der Waals surface area contributed by atoms with Crippen LogP contribution in [0.4, 0.5) is 5.69 Å². The Bertz CT molecular complexity index is 1740. The van der Waals surface area contributed by atoms with E-state index >= 15 is 0 Å². The lowest BCUT2D eigenvalue weighted by atomic mass is 10.0. The molecular formula is C36H40ClN3O5S. The Hall–Kier alpha value is -4.34. The number of anilines is 1. The molecule has 46 heavy (non-hydrogen) atoms. The Morgan fingerprint density at radius 1 is 0.870 bits per heavy atom. The number of sulfonamides is 1. The summed E-state index contributed by atoms with van der Waals surface area (Å²) in [5.41, 5.74) is 2.30. The van der Waals surface area contributed by atoms with Crippen LogP contribution in [0.1, 0.15) is 37.5 Å². The van der Waals surface area contributed by atoms with E-state index in [-0.39, 0.29) is 34.5 Å². The van der Waals surface area contributed by atoms with E-state index in [9.17, 15) is 18.0 Å². The molecule has 0 aliphatic rings. The minimum absolute atomic E-state index is 0.00568. The summed E-state index contributed by atoms with van der Waals surface area (Å²) in [6.07, 6.45) is 0.222. The molecule has 0 heterocycles. The van der Waals surface area contributed by atoms with Gasteiger partial charge in [0.15, 0.2) is 0 Å². The predicted octanol–water partition coefficient (Wildman–Crippen LogP) is 6.41. The molecule has 2 amide bonds. The van der Waals surface area contributed by atoms with Gasteiger partial charge in [-0.05, 0) is 69.2 Å². The summed E-state index contributed by atoms with van der Waals surface area (Å²) in [4.78, 5) is 30.0. The van der Waals surface area contributed by atoms with Crippen molar-refractivity contribution in [3.8, 4) is 5.75 Å². The van der Waals surface area contributed by atoms with Gasteiger partial charge in [0.05, 0.1) is 22.7 Å². The van der Waals surface area contributed by atoms with Crippen LogP contribution in [0.15, 0.2) is 108 Å². The molecule has 0 aliphatic carbocycles. The minimum atomic E-state index is -4.25. The Labute approximate surface area is 277 Å². The Morgan fingerprint density at radius 3 is 2.04 bits per heavy atom. The number of hydrogen-bond donors (Lipinski definition) is 1. The summed E-state index contributed by atoms with van der Waals surface area (Å²) in [5, 5.41) is 3.22. The fourth-order valence-corrected chi connectivity index (χ4v) is 6.63. The summed E-state index contributed by atoms with van der Waals surface area (Å²) in [6.45, 7) is 7.08. The maximum Gasteiger partial charge on any atom is 0.264 e. The highest BCUT2D eigenvalue weighted by Gasteiger charge is 2.35. The van der Waals surface area contributed by atoms with Crippen LogP contribution in [0.3, 0.4) is 0 Å². The van der Waals surface area contributed by atoms with Crippen LogP contribution in [0.2, 0.25) is 5.02 Å². The number of carbonyl (C=O) groups excluding carboxylic acids is 2. The first-order valence-electron chi connectivity index (χ1n) is 14.9. The van der Waals surface area contributed by atoms with Crippen LogP contribution in [0.5, 0.6) is 5.75 Å². The van der Waals surface area contributed by atoms with Crippen molar-refractivity contribution in [3.05, 3.63) is 125 Å². The molecule has 0 aliphatic heterocycles. The minimum Gasteiger partial charge on any atom is -0.495 e. The van der Waals surface area contributed by atoms with Crippen LogP contribution >= 0.6 is 11.6 Å². The second-order valence-corrected chi connectivity index (χ2v) is 14.4. The summed E-state index contributed by atoms with van der Waals surface area (Å²) in [6, 6.07) is 28.6. The SMILES string of the molecule is COc1ccc(N(CC(=O)N(Cc2ccc(C)cc2)C(Cc2ccccc2)C(=O)NC(C)(C)C)S(=O)(=O)c2ccccc2)cc1Cl. The molecule has 1 unspecified atom stereocenters. The predicted molar refractivity (Wildman–Crippen MR) is 183 cm³/mol. The van der Waals surface area contributed by atoms with Gasteiger partial charge >= 0.3 is 0 Å². The lowest BCUT2D eigenvalue weighted by molar-refractivity contribution is -0.140. The molecule has 8 nitrogen and oxygen atoms in total. The number of amides is 2. The Balaban J connectivity index is 1.83. The van der Waals surface area contributed by atoms with Crippen molar-refractivity contribution in [2.75, 3.05) is 18.0 Å². The van der Waals surface area contributed by atoms with E-state index in [1.165, 1.54) is 36.3 Å². The summed E-state index contributed by atoms with van der Waals surface area (Å²) in [5.74, 6) is -0.546. The highest BCUT2D eigenvalue weighted by molar-refractivity contribution is 7.92. The monoisotopic (exact) mass is 661 g/mol. The van der Waals surface area contributed by atoms with E-state index in [1.807, 2.05) is 82.3 Å². The van der Waals surface area contributed by atoms with Crippen molar-refractivity contribution in [3.63, 3.8) is 0 Å². The molecule has 1 N–H and O–H groups in total. The van der Waals surface area contributed by atoms with Gasteiger partial charge in [-0.15, -0.1) is 0 Å². The Morgan fingerprint density at radius 2 is 1.48 bits per heavy atom. The second-order valence-electron chi connectivity index (χ2n) is 12.1. The van der Waals surface area contributed by atoms with Crippen molar-refractivity contribution in [1.29, 1.82) is 0 Å². The van der Waals surface area contributed by atoms with Gasteiger partial charge in [-0.2, -0.15) is 0 Å². The van der Waals surface area contributed by atoms with Crippen LogP contribution in [-0.4, -0.2) is 50.4 Å². The molecule has 4 rings (SSSR count). The first kappa shape index (κ1) is 34.5. The first-order chi connectivity index (χ1) is 21.8. The van der Waals surface area contributed by atoms with Crippen molar-refractivity contribution in [2.45, 2.75) is 57.1 Å². The molecule has 0 saturated carbocycles. The highest BCUT2D eigenvalue weighted by Crippen LogP contribution is 2.32. The maximum absolute atomic E-state index is 14.6. The lowest BCUT2D eigenvalue weighted by Gasteiger charge is -2.35. The van der Waals surface area contributed by atoms with E-state index in [4.69, 9.17) is 16.3 Å². The molecule has 4 aromatic carbocycles. The molecule has 0 radical (unpaired) electrons. The number of methoxy groups -OCH3 is 1. The lowest BCUT2D eigenvalue weighted by Crippen LogP contribution is -2.56. The van der Waals surface area contributed by atoms with Gasteiger partial charge in [0.2, 0.25) is 11.8 Å². The van der Waals surface area contributed by atoms with Crippen molar-refractivity contribution in [1.82, 2.24) is 10.2 Å². The summed E-state index contributed by atoms with van der Waals surface area (Å²) in [7, 11) is -2.79. The quantitative estimate of drug-likeness (QED) is 0.189. The number of ether oxygens (including phenoxy) is 1. The fourth-order valence-electron chi connectivity index (χ4n) is 4.96. The number of aryl methyl sites for hydroxylation is 1. The number of nitrogens with one attached hydrogen (secondary N) is 1. The standard InChI is InChI=1S/C36H40ClN3O5S/c1-26-16-18-28(19-17-26)24-39(32(35(42)38-36(2,3)4)22-27-12-8-6-9-13-27)34(41)25-40(29-20-21-33(45-5)31(37)23-29)46(43,44)30-14-10-7-11-15-30/h6-21,23,32H,22,24-25H2,1-5H3,(H,38,42). The third-order valence-electron chi connectivity index (χ3n) is 7.28. The van der Waals surface area contributed by atoms with Gasteiger partial charge in [0.1, 0.15) is 18.3 Å². The smallest absolute Gasteiger partial charge is 0.264 e. The number of halogens is 1. The average molecular weight is 662 g/mol. The molecule has 242 valence electrons. The molecule has 0 saturated heterocycles. The third-order valence-corrected chi connectivity index (χ3v) is 9.36. The maximum atomic E-state index is 14.6. The molecule has 10 heteroatoms. The summed E-state index contributed by atoms with van der Waals surface area (Å²) >= 11 is 6.44. The van der Waals surface area contributed by atoms with E-state index in [0.717, 1.165) is 21.0 Å². The van der Waals surface area contributed by atoms with E-state index in [0.29, 0.717) is 5.75 Å². The number of carbonyl (C=O) groups is 2. The van der Waals surface area contributed by atoms with Gasteiger partial charge in [0.25, 0.3) is 10.0 Å². The van der Waals surface area contributed by atoms with Gasteiger partial charge in [-0.1, -0.05) is 90.0 Å². The molecule has 0 aromatic heterocycles. The second kappa shape index (κ2) is 14.8. The van der Waals surface area contributed by atoms with Crippen LogP contribution < -0.4 is 14.4 Å². The van der Waals surface area contributed by atoms with Gasteiger partial charge in [0, 0.05) is 18.5 Å². The van der Waals surface area contributed by atoms with Crippen LogP contribution in [-0.2, 0) is 32.6 Å². The average Bonchev–Trinajstić information content (AvgIpc) is 3.02.